The fraction of sp³-hybridized carbons (Fsp3) is 0.278. The molecule has 0 amide bonds. The first-order chi connectivity index (χ1) is 10.7. The van der Waals surface area contributed by atoms with E-state index in [2.05, 4.69) is 17.4 Å². The lowest BCUT2D eigenvalue weighted by molar-refractivity contribution is 0.0696. The van der Waals surface area contributed by atoms with Gasteiger partial charge < -0.3 is 15.2 Å². The quantitative estimate of drug-likeness (QED) is 0.805. The monoisotopic (exact) mass is 297 g/mol. The second-order valence-corrected chi connectivity index (χ2v) is 5.47. The van der Waals surface area contributed by atoms with Crippen molar-refractivity contribution >= 4 is 5.97 Å². The lowest BCUT2D eigenvalue weighted by Crippen LogP contribution is -2.17. The summed E-state index contributed by atoms with van der Waals surface area (Å²) in [6.07, 6.45) is 1.95. The molecular formula is C18H19NO3. The van der Waals surface area contributed by atoms with Gasteiger partial charge in [-0.2, -0.15) is 0 Å². The highest BCUT2D eigenvalue weighted by Gasteiger charge is 2.11. The second-order valence-electron chi connectivity index (χ2n) is 5.47. The number of hydrogen-bond acceptors (Lipinski definition) is 3. The molecule has 0 atom stereocenters. The Morgan fingerprint density at radius 3 is 2.95 bits per heavy atom. The van der Waals surface area contributed by atoms with Crippen molar-refractivity contribution in [3.8, 4) is 5.75 Å². The van der Waals surface area contributed by atoms with Crippen LogP contribution in [-0.2, 0) is 19.4 Å². The topological polar surface area (TPSA) is 58.6 Å². The minimum atomic E-state index is -0.887. The third-order valence-corrected chi connectivity index (χ3v) is 3.85. The minimum Gasteiger partial charge on any atom is -0.493 e. The molecule has 0 radical (unpaired) electrons. The highest BCUT2D eigenvalue weighted by Crippen LogP contribution is 2.25. The van der Waals surface area contributed by atoms with Crippen LogP contribution >= 0.6 is 0 Å². The van der Waals surface area contributed by atoms with Crippen molar-refractivity contribution in [2.45, 2.75) is 19.4 Å². The number of carboxylic acids is 1. The number of nitrogens with one attached hydrogen (secondary N) is 1. The van der Waals surface area contributed by atoms with Crippen LogP contribution in [0.1, 0.15) is 27.0 Å². The van der Waals surface area contributed by atoms with Crippen molar-refractivity contribution in [1.82, 2.24) is 5.32 Å². The molecule has 3 rings (SSSR count). The molecule has 1 aliphatic heterocycles. The normalized spacial score (nSPS) is 12.7. The SMILES string of the molecule is O=C(O)c1cccc(CNCCc2ccc3c(c2)CCO3)c1. The Morgan fingerprint density at radius 1 is 1.18 bits per heavy atom. The van der Waals surface area contributed by atoms with Gasteiger partial charge in [-0.3, -0.25) is 0 Å². The maximum atomic E-state index is 10.9. The zero-order valence-electron chi connectivity index (χ0n) is 12.3. The molecular weight excluding hydrogens is 278 g/mol. The van der Waals surface area contributed by atoms with Gasteiger partial charge in [0, 0.05) is 13.0 Å². The van der Waals surface area contributed by atoms with Gasteiger partial charge in [0.15, 0.2) is 0 Å². The van der Waals surface area contributed by atoms with Crippen molar-refractivity contribution in [1.29, 1.82) is 0 Å². The first-order valence-electron chi connectivity index (χ1n) is 7.50. The van der Waals surface area contributed by atoms with Gasteiger partial charge in [-0.15, -0.1) is 0 Å². The lowest BCUT2D eigenvalue weighted by Gasteiger charge is -2.07. The Balaban J connectivity index is 1.49. The van der Waals surface area contributed by atoms with E-state index < -0.39 is 5.97 Å². The molecule has 0 saturated heterocycles. The predicted molar refractivity (Wildman–Crippen MR) is 84.5 cm³/mol. The molecule has 0 spiro atoms. The molecule has 2 aromatic rings. The van der Waals surface area contributed by atoms with Crippen LogP contribution in [0.3, 0.4) is 0 Å². The van der Waals surface area contributed by atoms with E-state index in [9.17, 15) is 4.79 Å². The van der Waals surface area contributed by atoms with Crippen LogP contribution in [0.5, 0.6) is 5.75 Å². The van der Waals surface area contributed by atoms with Gasteiger partial charge >= 0.3 is 5.97 Å². The van der Waals surface area contributed by atoms with E-state index in [4.69, 9.17) is 9.84 Å². The van der Waals surface area contributed by atoms with E-state index in [1.165, 1.54) is 11.1 Å². The molecule has 4 nitrogen and oxygen atoms in total. The number of hydrogen-bond donors (Lipinski definition) is 2. The minimum absolute atomic E-state index is 0.331. The first-order valence-corrected chi connectivity index (χ1v) is 7.50. The van der Waals surface area contributed by atoms with Crippen LogP contribution in [0.4, 0.5) is 0 Å². The molecule has 114 valence electrons. The molecule has 0 saturated carbocycles. The number of rotatable bonds is 6. The van der Waals surface area contributed by atoms with Crippen LogP contribution in [-0.4, -0.2) is 24.2 Å². The van der Waals surface area contributed by atoms with Crippen LogP contribution in [0.2, 0.25) is 0 Å². The highest BCUT2D eigenvalue weighted by atomic mass is 16.5. The summed E-state index contributed by atoms with van der Waals surface area (Å²) in [5, 5.41) is 12.3. The molecule has 0 aromatic heterocycles. The fourth-order valence-corrected chi connectivity index (χ4v) is 2.68. The van der Waals surface area contributed by atoms with E-state index in [-0.39, 0.29) is 0 Å². The van der Waals surface area contributed by atoms with E-state index in [1.54, 1.807) is 18.2 Å². The number of benzene rings is 2. The van der Waals surface area contributed by atoms with E-state index in [0.717, 1.165) is 37.3 Å². The van der Waals surface area contributed by atoms with Gasteiger partial charge in [-0.1, -0.05) is 24.3 Å². The van der Waals surface area contributed by atoms with Gasteiger partial charge in [0.2, 0.25) is 0 Å². The van der Waals surface area contributed by atoms with Crippen LogP contribution < -0.4 is 10.1 Å². The molecule has 22 heavy (non-hydrogen) atoms. The Hall–Kier alpha value is -2.33. The first kappa shape index (κ1) is 14.6. The fourth-order valence-electron chi connectivity index (χ4n) is 2.68. The average molecular weight is 297 g/mol. The zero-order valence-corrected chi connectivity index (χ0v) is 12.3. The molecule has 1 aliphatic rings. The van der Waals surface area contributed by atoms with E-state index in [0.29, 0.717) is 12.1 Å². The van der Waals surface area contributed by atoms with Gasteiger partial charge in [-0.25, -0.2) is 4.79 Å². The average Bonchev–Trinajstić information content (AvgIpc) is 2.99. The summed E-state index contributed by atoms with van der Waals surface area (Å²) in [5.41, 5.74) is 3.92. The summed E-state index contributed by atoms with van der Waals surface area (Å²) in [6.45, 7) is 2.32. The number of carbonyl (C=O) groups is 1. The molecule has 4 heteroatoms. The number of ether oxygens (including phenoxy) is 1. The summed E-state index contributed by atoms with van der Waals surface area (Å²) < 4.78 is 5.50. The largest absolute Gasteiger partial charge is 0.493 e. The Labute approximate surface area is 129 Å². The Bertz CT molecular complexity index is 682. The molecule has 0 bridgehead atoms. The highest BCUT2D eigenvalue weighted by molar-refractivity contribution is 5.87. The summed E-state index contributed by atoms with van der Waals surface area (Å²) >= 11 is 0. The molecule has 0 unspecified atom stereocenters. The maximum Gasteiger partial charge on any atom is 0.335 e. The molecule has 0 aliphatic carbocycles. The third kappa shape index (κ3) is 3.46. The van der Waals surface area contributed by atoms with Crippen molar-refractivity contribution in [2.75, 3.05) is 13.2 Å². The van der Waals surface area contributed by atoms with E-state index in [1.807, 2.05) is 12.1 Å². The number of aromatic carboxylic acids is 1. The number of fused-ring (bicyclic) bond motifs is 1. The predicted octanol–water partition coefficient (Wildman–Crippen LogP) is 2.65. The maximum absolute atomic E-state index is 10.9. The van der Waals surface area contributed by atoms with Crippen LogP contribution in [0, 0.1) is 0 Å². The molecule has 2 aromatic carbocycles. The van der Waals surface area contributed by atoms with Crippen molar-refractivity contribution in [2.24, 2.45) is 0 Å². The van der Waals surface area contributed by atoms with Crippen LogP contribution in [0.25, 0.3) is 0 Å². The summed E-state index contributed by atoms with van der Waals surface area (Å²) in [5.74, 6) is 0.129. The summed E-state index contributed by atoms with van der Waals surface area (Å²) in [4.78, 5) is 10.9. The zero-order chi connectivity index (χ0) is 15.4. The van der Waals surface area contributed by atoms with E-state index >= 15 is 0 Å². The Morgan fingerprint density at radius 2 is 2.09 bits per heavy atom. The molecule has 0 fully saturated rings. The van der Waals surface area contributed by atoms with Gasteiger partial charge in [-0.05, 0) is 47.9 Å². The van der Waals surface area contributed by atoms with Crippen molar-refractivity contribution in [3.05, 3.63) is 64.7 Å². The van der Waals surface area contributed by atoms with Crippen LogP contribution in [0.15, 0.2) is 42.5 Å². The lowest BCUT2D eigenvalue weighted by atomic mass is 10.1. The summed E-state index contributed by atoms with van der Waals surface area (Å²) in [6, 6.07) is 13.4. The molecule has 1 heterocycles. The van der Waals surface area contributed by atoms with Gasteiger partial charge in [0.25, 0.3) is 0 Å². The van der Waals surface area contributed by atoms with Gasteiger partial charge in [0.1, 0.15) is 5.75 Å². The van der Waals surface area contributed by atoms with Crippen molar-refractivity contribution < 1.29 is 14.6 Å². The smallest absolute Gasteiger partial charge is 0.335 e. The summed E-state index contributed by atoms with van der Waals surface area (Å²) in [7, 11) is 0. The third-order valence-electron chi connectivity index (χ3n) is 3.85. The molecule has 2 N–H and O–H groups in total. The standard InChI is InChI=1S/C18H19NO3/c20-18(21)16-3-1-2-14(11-16)12-19-8-6-13-4-5-17-15(10-13)7-9-22-17/h1-5,10-11,19H,6-9,12H2,(H,20,21). The second kappa shape index (κ2) is 6.62. The number of carboxylic acid groups (broad SMARTS) is 1. The Kier molecular flexibility index (Phi) is 4.39. The van der Waals surface area contributed by atoms with Gasteiger partial charge in [0.05, 0.1) is 12.2 Å². The van der Waals surface area contributed by atoms with Crippen molar-refractivity contribution in [3.63, 3.8) is 0 Å².